The van der Waals surface area contributed by atoms with Crippen molar-refractivity contribution in [2.45, 2.75) is 51.0 Å². The summed E-state index contributed by atoms with van der Waals surface area (Å²) in [5.41, 5.74) is 2.30. The lowest BCUT2D eigenvalue weighted by Gasteiger charge is -2.40. The predicted molar refractivity (Wildman–Crippen MR) is 164 cm³/mol. The Labute approximate surface area is 252 Å². The third-order valence-corrected chi connectivity index (χ3v) is 9.01. The van der Waals surface area contributed by atoms with Gasteiger partial charge < -0.3 is 9.15 Å². The standard InChI is InChI=1S/C33H37N3O6S/c1-3-25(2)23-36(32(38)41-24-27-16-9-5-10-17-27)33(43(34,39)40,21-13-18-26-14-7-4-8-15-26)30(37)31-35-22-29(42-31)28-19-11-6-12-20-28/h4-12,14-17,19-20,22,25H,3,13,18,21,23-24H2,1-2H3,(H2,34,39,40)/t25?,33-/m0/s1. The van der Waals surface area contributed by atoms with Gasteiger partial charge in [-0.2, -0.15) is 0 Å². The number of hydrogen-bond donors (Lipinski definition) is 1. The molecule has 4 rings (SSSR count). The van der Waals surface area contributed by atoms with Crippen molar-refractivity contribution in [3.05, 3.63) is 114 Å². The number of carbonyl (C=O) groups excluding carboxylic acids is 2. The molecule has 3 aromatic carbocycles. The second-order valence-corrected chi connectivity index (χ2v) is 12.3. The lowest BCUT2D eigenvalue weighted by atomic mass is 9.98. The molecule has 1 amide bonds. The first kappa shape index (κ1) is 31.7. The first-order valence-electron chi connectivity index (χ1n) is 14.3. The lowest BCUT2D eigenvalue weighted by Crippen LogP contribution is -2.64. The maximum Gasteiger partial charge on any atom is 0.411 e. The topological polar surface area (TPSA) is 133 Å². The molecule has 226 valence electrons. The average molecular weight is 604 g/mol. The van der Waals surface area contributed by atoms with E-state index in [0.717, 1.165) is 10.5 Å². The van der Waals surface area contributed by atoms with Gasteiger partial charge in [0.05, 0.1) is 6.20 Å². The van der Waals surface area contributed by atoms with Gasteiger partial charge in [-0.25, -0.2) is 23.3 Å². The van der Waals surface area contributed by atoms with Gasteiger partial charge in [0, 0.05) is 12.1 Å². The number of amides is 1. The van der Waals surface area contributed by atoms with Gasteiger partial charge >= 0.3 is 6.09 Å². The molecular weight excluding hydrogens is 566 g/mol. The monoisotopic (exact) mass is 603 g/mol. The summed E-state index contributed by atoms with van der Waals surface area (Å²) in [6, 6.07) is 27.4. The number of benzene rings is 3. The Kier molecular flexibility index (Phi) is 10.5. The first-order chi connectivity index (χ1) is 20.7. The van der Waals surface area contributed by atoms with E-state index >= 15 is 0 Å². The number of sulfonamides is 1. The molecule has 1 heterocycles. The highest BCUT2D eigenvalue weighted by Crippen LogP contribution is 2.35. The fourth-order valence-electron chi connectivity index (χ4n) is 4.86. The molecule has 43 heavy (non-hydrogen) atoms. The number of primary sulfonamides is 1. The molecule has 0 saturated heterocycles. The number of carbonyl (C=O) groups is 2. The summed E-state index contributed by atoms with van der Waals surface area (Å²) >= 11 is 0. The molecule has 0 aliphatic heterocycles. The number of ketones is 1. The normalized spacial score (nSPS) is 13.6. The van der Waals surface area contributed by atoms with Crippen molar-refractivity contribution in [3.63, 3.8) is 0 Å². The second-order valence-electron chi connectivity index (χ2n) is 10.6. The molecule has 0 spiro atoms. The van der Waals surface area contributed by atoms with E-state index in [1.807, 2.05) is 56.3 Å². The lowest BCUT2D eigenvalue weighted by molar-refractivity contribution is 0.0476. The van der Waals surface area contributed by atoms with Crippen LogP contribution in [0.4, 0.5) is 4.79 Å². The summed E-state index contributed by atoms with van der Waals surface area (Å²) in [7, 11) is -4.79. The molecule has 0 bridgehead atoms. The van der Waals surface area contributed by atoms with E-state index in [1.54, 1.807) is 48.5 Å². The van der Waals surface area contributed by atoms with Crippen LogP contribution in [0, 0.1) is 5.92 Å². The van der Waals surface area contributed by atoms with Crippen molar-refractivity contribution < 1.29 is 27.2 Å². The Morgan fingerprint density at radius 3 is 2.12 bits per heavy atom. The van der Waals surface area contributed by atoms with Crippen LogP contribution in [-0.2, 0) is 27.8 Å². The molecule has 0 aliphatic rings. The number of hydrogen-bond acceptors (Lipinski definition) is 7. The number of aromatic nitrogens is 1. The highest BCUT2D eigenvalue weighted by atomic mass is 32.2. The minimum absolute atomic E-state index is 0.0934. The molecule has 0 saturated carbocycles. The number of oxazole rings is 1. The molecule has 2 atom stereocenters. The van der Waals surface area contributed by atoms with Crippen LogP contribution in [0.3, 0.4) is 0 Å². The highest BCUT2D eigenvalue weighted by molar-refractivity contribution is 7.91. The third kappa shape index (κ3) is 7.57. The molecule has 9 nitrogen and oxygen atoms in total. The van der Waals surface area contributed by atoms with Crippen molar-refractivity contribution >= 4 is 21.9 Å². The summed E-state index contributed by atoms with van der Waals surface area (Å²) in [6.07, 6.45) is 1.37. The summed E-state index contributed by atoms with van der Waals surface area (Å²) in [4.78, 5) is 30.9. The fraction of sp³-hybridized carbons (Fsp3) is 0.303. The van der Waals surface area contributed by atoms with Crippen molar-refractivity contribution in [1.29, 1.82) is 0 Å². The van der Waals surface area contributed by atoms with Crippen molar-refractivity contribution in [1.82, 2.24) is 9.88 Å². The van der Waals surface area contributed by atoms with Gasteiger partial charge in [-0.1, -0.05) is 111 Å². The molecule has 0 radical (unpaired) electrons. The molecule has 0 aliphatic carbocycles. The smallest absolute Gasteiger partial charge is 0.411 e. The van der Waals surface area contributed by atoms with Gasteiger partial charge in [-0.3, -0.25) is 9.69 Å². The zero-order valence-electron chi connectivity index (χ0n) is 24.4. The molecule has 10 heteroatoms. The van der Waals surface area contributed by atoms with E-state index in [2.05, 4.69) is 4.98 Å². The van der Waals surface area contributed by atoms with Gasteiger partial charge in [0.2, 0.25) is 14.9 Å². The van der Waals surface area contributed by atoms with Gasteiger partial charge in [-0.15, -0.1) is 0 Å². The number of rotatable bonds is 14. The van der Waals surface area contributed by atoms with E-state index in [1.165, 1.54) is 6.20 Å². The SMILES string of the molecule is CCC(C)CN(C(=O)OCc1ccccc1)[C@](CCCc1ccccc1)(C(=O)c1ncc(-c2ccccc2)o1)S(N)(=O)=O. The van der Waals surface area contributed by atoms with Crippen LogP contribution in [-0.4, -0.2) is 41.6 Å². The molecule has 1 unspecified atom stereocenters. The van der Waals surface area contributed by atoms with Gasteiger partial charge in [0.1, 0.15) is 6.61 Å². The minimum atomic E-state index is -4.79. The van der Waals surface area contributed by atoms with Crippen LogP contribution in [0.2, 0.25) is 0 Å². The number of nitrogens with two attached hydrogens (primary N) is 1. The van der Waals surface area contributed by atoms with Crippen molar-refractivity contribution in [3.8, 4) is 11.3 Å². The first-order valence-corrected chi connectivity index (χ1v) is 15.8. The van der Waals surface area contributed by atoms with Crippen LogP contribution in [0.25, 0.3) is 11.3 Å². The maximum atomic E-state index is 14.4. The Balaban J connectivity index is 1.79. The van der Waals surface area contributed by atoms with Crippen LogP contribution in [0.1, 0.15) is 54.9 Å². The van der Waals surface area contributed by atoms with Crippen LogP contribution >= 0.6 is 0 Å². The van der Waals surface area contributed by atoms with Crippen LogP contribution in [0.15, 0.2) is 102 Å². The molecule has 4 aromatic rings. The number of Topliss-reactive ketones (excluding diaryl/α,β-unsaturated/α-hetero) is 1. The summed E-state index contributed by atoms with van der Waals surface area (Å²) in [5.74, 6) is -1.39. The number of nitrogens with zero attached hydrogens (tertiary/aromatic N) is 2. The Morgan fingerprint density at radius 2 is 1.53 bits per heavy atom. The molecular formula is C33H37N3O6S. The summed E-state index contributed by atoms with van der Waals surface area (Å²) in [5, 5.41) is 5.95. The van der Waals surface area contributed by atoms with Crippen LogP contribution in [0.5, 0.6) is 0 Å². The quantitative estimate of drug-likeness (QED) is 0.169. The van der Waals surface area contributed by atoms with Gasteiger partial charge in [0.25, 0.3) is 11.7 Å². The second kappa shape index (κ2) is 14.3. The van der Waals surface area contributed by atoms with Gasteiger partial charge in [0.15, 0.2) is 5.76 Å². The third-order valence-electron chi connectivity index (χ3n) is 7.46. The molecule has 2 N–H and O–H groups in total. The predicted octanol–water partition coefficient (Wildman–Crippen LogP) is 6.22. The Hall–Kier alpha value is -4.28. The minimum Gasteiger partial charge on any atom is -0.445 e. The van der Waals surface area contributed by atoms with Crippen molar-refractivity contribution in [2.24, 2.45) is 11.1 Å². The van der Waals surface area contributed by atoms with Crippen molar-refractivity contribution in [2.75, 3.05) is 6.54 Å². The molecule has 0 fully saturated rings. The summed E-state index contributed by atoms with van der Waals surface area (Å²) in [6.45, 7) is 3.56. The van der Waals surface area contributed by atoms with E-state index < -0.39 is 32.7 Å². The highest BCUT2D eigenvalue weighted by Gasteiger charge is 2.57. The largest absolute Gasteiger partial charge is 0.445 e. The summed E-state index contributed by atoms with van der Waals surface area (Å²) < 4.78 is 38.9. The molecule has 1 aromatic heterocycles. The van der Waals surface area contributed by atoms with E-state index in [0.29, 0.717) is 24.0 Å². The van der Waals surface area contributed by atoms with E-state index in [9.17, 15) is 18.0 Å². The Bertz CT molecular complexity index is 1590. The average Bonchev–Trinajstić information content (AvgIpc) is 3.52. The fourth-order valence-corrected chi connectivity index (χ4v) is 6.09. The zero-order chi connectivity index (χ0) is 30.9. The number of aryl methyl sites for hydroxylation is 1. The number of ether oxygens (including phenoxy) is 1. The van der Waals surface area contributed by atoms with E-state index in [4.69, 9.17) is 14.3 Å². The Morgan fingerprint density at radius 1 is 0.953 bits per heavy atom. The van der Waals surface area contributed by atoms with Gasteiger partial charge in [-0.05, 0) is 36.3 Å². The maximum absolute atomic E-state index is 14.4. The zero-order valence-corrected chi connectivity index (χ0v) is 25.2. The van der Waals surface area contributed by atoms with E-state index in [-0.39, 0.29) is 37.7 Å². The van der Waals surface area contributed by atoms with Crippen LogP contribution < -0.4 is 5.14 Å².